The van der Waals surface area contributed by atoms with Crippen molar-refractivity contribution in [3.05, 3.63) is 196 Å². The lowest BCUT2D eigenvalue weighted by Crippen LogP contribution is -2.13. The molecule has 0 radical (unpaired) electrons. The molecule has 0 saturated carbocycles. The van der Waals surface area contributed by atoms with Crippen LogP contribution in [0.4, 0.5) is 28.4 Å². The van der Waals surface area contributed by atoms with Gasteiger partial charge in [0.25, 0.3) is 0 Å². The Morgan fingerprint density at radius 2 is 0.980 bits per heavy atom. The first kappa shape index (κ1) is 33.3. The molecule has 7 aromatic rings. The van der Waals surface area contributed by atoms with Gasteiger partial charge in [0.05, 0.1) is 29.0 Å². The molecule has 0 heterocycles. The van der Waals surface area contributed by atoms with Crippen LogP contribution in [0.1, 0.15) is 44.5 Å². The molecule has 3 heteroatoms. The van der Waals surface area contributed by atoms with Crippen LogP contribution in [0, 0.1) is 34.6 Å². The predicted molar refractivity (Wildman–Crippen MR) is 220 cm³/mol. The Morgan fingerprint density at radius 3 is 1.59 bits per heavy atom. The van der Waals surface area contributed by atoms with Crippen LogP contribution in [-0.2, 0) is 0 Å². The summed E-state index contributed by atoms with van der Waals surface area (Å²) in [6.45, 7) is 10.8. The Hall–Kier alpha value is -6.19. The summed E-state index contributed by atoms with van der Waals surface area (Å²) in [4.78, 5) is 2.42. The van der Waals surface area contributed by atoms with Crippen LogP contribution >= 0.6 is 0 Å². The maximum atomic E-state index is 4.92. The molecule has 7 aromatic carbocycles. The zero-order chi connectivity index (χ0) is 35.3. The van der Waals surface area contributed by atoms with Gasteiger partial charge in [-0.2, -0.15) is 5.10 Å². The minimum atomic E-state index is 1.03. The molecule has 0 aliphatic carbocycles. The third-order valence-corrected chi connectivity index (χ3v) is 9.24. The summed E-state index contributed by atoms with van der Waals surface area (Å²) in [5.74, 6) is 0. The van der Waals surface area contributed by atoms with E-state index in [2.05, 4.69) is 203 Å². The number of aryl methyl sites for hydroxylation is 5. The number of rotatable bonds is 9. The molecular weight excluding hydrogens is 619 g/mol. The Balaban J connectivity index is 1.13. The zero-order valence-corrected chi connectivity index (χ0v) is 30.0. The molecule has 0 amide bonds. The van der Waals surface area contributed by atoms with Gasteiger partial charge in [-0.1, -0.05) is 127 Å². The summed E-state index contributed by atoms with van der Waals surface area (Å²) in [5.41, 5.74) is 15.1. The lowest BCUT2D eigenvalue weighted by molar-refractivity contribution is 1.09. The van der Waals surface area contributed by atoms with Crippen molar-refractivity contribution >= 4 is 57.6 Å². The van der Waals surface area contributed by atoms with E-state index >= 15 is 0 Å². The summed E-state index contributed by atoms with van der Waals surface area (Å²) >= 11 is 0. The lowest BCUT2D eigenvalue weighted by Gasteiger charge is -2.30. The number of fused-ring (bicyclic) bond motifs is 1. The van der Waals surface area contributed by atoms with Crippen LogP contribution in [0.3, 0.4) is 0 Å². The summed E-state index contributed by atoms with van der Waals surface area (Å²) in [5, 5.41) is 9.39. The largest absolute Gasteiger partial charge is 0.309 e. The van der Waals surface area contributed by atoms with Crippen LogP contribution in [0.2, 0.25) is 0 Å². The van der Waals surface area contributed by atoms with Crippen molar-refractivity contribution in [3.63, 3.8) is 0 Å². The highest BCUT2D eigenvalue weighted by Gasteiger charge is 2.19. The Labute approximate surface area is 302 Å². The molecule has 0 unspecified atom stereocenters. The molecule has 0 aromatic heterocycles. The van der Waals surface area contributed by atoms with E-state index in [1.54, 1.807) is 0 Å². The van der Waals surface area contributed by atoms with Crippen molar-refractivity contribution in [1.29, 1.82) is 0 Å². The van der Waals surface area contributed by atoms with Crippen molar-refractivity contribution in [2.75, 3.05) is 9.91 Å². The minimum absolute atomic E-state index is 1.03. The Morgan fingerprint density at radius 1 is 0.451 bits per heavy atom. The second kappa shape index (κ2) is 14.7. The second-order valence-corrected chi connectivity index (χ2v) is 13.4. The second-order valence-electron chi connectivity index (χ2n) is 13.4. The van der Waals surface area contributed by atoms with Gasteiger partial charge in [-0.05, 0) is 121 Å². The summed E-state index contributed by atoms with van der Waals surface area (Å²) in [6.07, 6.45) is 6.27. The molecule has 0 aliphatic heterocycles. The lowest BCUT2D eigenvalue weighted by atomic mass is 10.0. The SMILES string of the molecule is Cc1cccc(N(/N=C/c2ccc(/C=C/c3ccc(N(c4c(C)cc(C)cc4C)c4cccc5ccccc45)cc3)cc2)c2cccc(C)c2)c1. The van der Waals surface area contributed by atoms with E-state index in [1.807, 2.05) is 11.2 Å². The normalized spacial score (nSPS) is 11.5. The van der Waals surface area contributed by atoms with Gasteiger partial charge in [-0.15, -0.1) is 0 Å². The third kappa shape index (κ3) is 7.54. The van der Waals surface area contributed by atoms with Crippen LogP contribution in [0.15, 0.2) is 157 Å². The topological polar surface area (TPSA) is 18.8 Å². The van der Waals surface area contributed by atoms with Gasteiger partial charge in [0.2, 0.25) is 0 Å². The third-order valence-electron chi connectivity index (χ3n) is 9.24. The fourth-order valence-corrected chi connectivity index (χ4v) is 6.86. The number of hydrogen-bond acceptors (Lipinski definition) is 3. The highest BCUT2D eigenvalue weighted by Crippen LogP contribution is 2.42. The minimum Gasteiger partial charge on any atom is -0.309 e. The highest BCUT2D eigenvalue weighted by atomic mass is 15.5. The van der Waals surface area contributed by atoms with E-state index in [-0.39, 0.29) is 0 Å². The fourth-order valence-electron chi connectivity index (χ4n) is 6.86. The van der Waals surface area contributed by atoms with E-state index in [0.717, 1.165) is 33.8 Å². The van der Waals surface area contributed by atoms with E-state index < -0.39 is 0 Å². The van der Waals surface area contributed by atoms with Crippen molar-refractivity contribution in [2.24, 2.45) is 5.10 Å². The molecule has 0 spiro atoms. The smallest absolute Gasteiger partial charge is 0.0655 e. The predicted octanol–water partition coefficient (Wildman–Crippen LogP) is 13.2. The van der Waals surface area contributed by atoms with Gasteiger partial charge in [0.1, 0.15) is 0 Å². The zero-order valence-electron chi connectivity index (χ0n) is 30.0. The Bertz CT molecular complexity index is 2290. The fraction of sp³-hybridized carbons (Fsp3) is 0.104. The average molecular weight is 662 g/mol. The van der Waals surface area contributed by atoms with Crippen molar-refractivity contribution < 1.29 is 0 Å². The van der Waals surface area contributed by atoms with E-state index in [1.165, 1.54) is 50.0 Å². The number of nitrogens with zero attached hydrogens (tertiary/aromatic N) is 3. The first-order valence-corrected chi connectivity index (χ1v) is 17.5. The maximum absolute atomic E-state index is 4.92. The van der Waals surface area contributed by atoms with E-state index in [9.17, 15) is 0 Å². The molecule has 0 bridgehead atoms. The molecular formula is C48H43N3. The molecule has 0 aliphatic rings. The van der Waals surface area contributed by atoms with Crippen molar-refractivity contribution in [2.45, 2.75) is 34.6 Å². The van der Waals surface area contributed by atoms with Gasteiger partial charge in [0, 0.05) is 11.1 Å². The first-order chi connectivity index (χ1) is 24.8. The quantitative estimate of drug-likeness (QED) is 0.0871. The van der Waals surface area contributed by atoms with Gasteiger partial charge in [-0.3, -0.25) is 0 Å². The van der Waals surface area contributed by atoms with E-state index in [0.29, 0.717) is 0 Å². The van der Waals surface area contributed by atoms with Crippen molar-refractivity contribution in [1.82, 2.24) is 0 Å². The molecule has 7 rings (SSSR count). The first-order valence-electron chi connectivity index (χ1n) is 17.5. The average Bonchev–Trinajstić information content (AvgIpc) is 3.13. The molecule has 0 N–H and O–H groups in total. The van der Waals surface area contributed by atoms with Gasteiger partial charge in [-0.25, -0.2) is 5.01 Å². The summed E-state index contributed by atoms with van der Waals surface area (Å²) in [6, 6.07) is 54.0. The highest BCUT2D eigenvalue weighted by molar-refractivity contribution is 5.99. The van der Waals surface area contributed by atoms with Gasteiger partial charge >= 0.3 is 0 Å². The van der Waals surface area contributed by atoms with Crippen LogP contribution < -0.4 is 9.91 Å². The molecule has 0 fully saturated rings. The number of anilines is 5. The molecule has 250 valence electrons. The van der Waals surface area contributed by atoms with E-state index in [4.69, 9.17) is 5.10 Å². The van der Waals surface area contributed by atoms with Gasteiger partial charge in [0.15, 0.2) is 0 Å². The molecule has 3 nitrogen and oxygen atoms in total. The van der Waals surface area contributed by atoms with Gasteiger partial charge < -0.3 is 4.90 Å². The molecule has 0 saturated heterocycles. The van der Waals surface area contributed by atoms with Crippen LogP contribution in [-0.4, -0.2) is 6.21 Å². The standard InChI is InChI=1S/C48H43N3/c1-34-11-8-15-44(31-34)51(45-16-9-12-35(2)32-45)49-33-41-23-21-39(22-24-41)19-20-40-25-27-43(28-26-40)50(48-37(4)29-36(3)30-38(48)5)47-18-10-14-42-13-6-7-17-46(42)47/h6-33H,1-5H3/b20-19+,49-33+. The number of hydrogen-bond donors (Lipinski definition) is 0. The Kier molecular flexibility index (Phi) is 9.63. The number of benzene rings is 7. The monoisotopic (exact) mass is 661 g/mol. The van der Waals surface area contributed by atoms with Crippen LogP contribution in [0.25, 0.3) is 22.9 Å². The van der Waals surface area contributed by atoms with Crippen molar-refractivity contribution in [3.8, 4) is 0 Å². The maximum Gasteiger partial charge on any atom is 0.0655 e. The number of hydrazone groups is 1. The summed E-state index contributed by atoms with van der Waals surface area (Å²) in [7, 11) is 0. The summed E-state index contributed by atoms with van der Waals surface area (Å²) < 4.78 is 0. The molecule has 51 heavy (non-hydrogen) atoms. The van der Waals surface area contributed by atoms with Crippen LogP contribution in [0.5, 0.6) is 0 Å². The molecule has 0 atom stereocenters.